The van der Waals surface area contributed by atoms with Gasteiger partial charge in [0.1, 0.15) is 0 Å². The Hall–Kier alpha value is -1.24. The van der Waals surface area contributed by atoms with Crippen LogP contribution in [0.5, 0.6) is 0 Å². The Morgan fingerprint density at radius 1 is 0.897 bits per heavy atom. The summed E-state index contributed by atoms with van der Waals surface area (Å²) in [5, 5.41) is 3.43. The molecule has 2 aliphatic heterocycles. The number of aliphatic imine (C=N–C) groups is 1. The lowest BCUT2D eigenvalue weighted by molar-refractivity contribution is -0.127. The highest BCUT2D eigenvalue weighted by Crippen LogP contribution is 2.29. The molecule has 2 aliphatic rings. The fourth-order valence-corrected chi connectivity index (χ4v) is 5.05. The van der Waals surface area contributed by atoms with Gasteiger partial charge in [-0.05, 0) is 12.8 Å². The van der Waals surface area contributed by atoms with Crippen molar-refractivity contribution < 1.29 is 9.59 Å². The molecule has 2 atom stereocenters. The zero-order valence-corrected chi connectivity index (χ0v) is 19.4. The molecule has 166 valence electrons. The number of unbranched alkanes of at least 4 members (excludes halogenated alkanes) is 10. The third-order valence-corrected chi connectivity index (χ3v) is 6.90. The van der Waals surface area contributed by atoms with Crippen LogP contribution in [0.2, 0.25) is 0 Å². The number of thioether (sulfide) groups is 1. The number of nitrogens with zero attached hydrogens (tertiary/aromatic N) is 3. The summed E-state index contributed by atoms with van der Waals surface area (Å²) in [6.45, 7) is 5.30. The number of hydrogen-bond acceptors (Lipinski definition) is 5. The molecule has 3 amide bonds. The maximum atomic E-state index is 12.6. The minimum absolute atomic E-state index is 0.206. The molecule has 1 fully saturated rings. The second kappa shape index (κ2) is 13.1. The largest absolute Gasteiger partial charge is 0.336 e. The van der Waals surface area contributed by atoms with Crippen LogP contribution in [0.4, 0.5) is 4.79 Å². The SMILES string of the molecule is CCCCCCCCCCN1C(SCCCCCC)=NC2C1C(=O)NC(=O)N2C. The molecule has 0 spiro atoms. The van der Waals surface area contributed by atoms with Crippen molar-refractivity contribution in [2.45, 2.75) is 103 Å². The van der Waals surface area contributed by atoms with E-state index in [9.17, 15) is 9.59 Å². The van der Waals surface area contributed by atoms with E-state index in [1.807, 2.05) is 0 Å². The van der Waals surface area contributed by atoms with E-state index in [1.54, 1.807) is 23.7 Å². The average Bonchev–Trinajstić information content (AvgIpc) is 3.07. The smallest absolute Gasteiger partial charge is 0.325 e. The minimum Gasteiger partial charge on any atom is -0.336 e. The summed E-state index contributed by atoms with van der Waals surface area (Å²) in [6.07, 6.45) is 14.6. The number of fused-ring (bicyclic) bond motifs is 1. The van der Waals surface area contributed by atoms with E-state index in [0.717, 1.165) is 23.9 Å². The quantitative estimate of drug-likeness (QED) is 0.399. The van der Waals surface area contributed by atoms with Crippen LogP contribution in [0.15, 0.2) is 4.99 Å². The minimum atomic E-state index is -0.386. The number of rotatable bonds is 14. The average molecular weight is 425 g/mol. The number of carbonyl (C=O) groups is 2. The van der Waals surface area contributed by atoms with Crippen molar-refractivity contribution in [1.82, 2.24) is 15.1 Å². The predicted molar refractivity (Wildman–Crippen MR) is 122 cm³/mol. The standard InChI is InChI=1S/C22H40N4O2S/c1-4-6-8-10-11-12-13-14-16-26-18-19(25(3)21(28)24-20(18)27)23-22(26)29-17-15-9-7-5-2/h18-19H,4-17H2,1-3H3,(H,24,27,28). The number of imide groups is 1. The van der Waals surface area contributed by atoms with E-state index in [0.29, 0.717) is 0 Å². The normalized spacial score (nSPS) is 21.4. The number of hydrogen-bond donors (Lipinski definition) is 1. The summed E-state index contributed by atoms with van der Waals surface area (Å²) < 4.78 is 0. The molecule has 0 saturated carbocycles. The van der Waals surface area contributed by atoms with Gasteiger partial charge in [0.25, 0.3) is 5.91 Å². The number of nitrogens with one attached hydrogen (secondary N) is 1. The van der Waals surface area contributed by atoms with Crippen LogP contribution in [-0.2, 0) is 4.79 Å². The van der Waals surface area contributed by atoms with Crippen molar-refractivity contribution in [2.24, 2.45) is 4.99 Å². The van der Waals surface area contributed by atoms with Gasteiger partial charge in [-0.1, -0.05) is 89.8 Å². The van der Waals surface area contributed by atoms with Crippen molar-refractivity contribution in [3.05, 3.63) is 0 Å². The van der Waals surface area contributed by atoms with E-state index >= 15 is 0 Å². The molecule has 6 nitrogen and oxygen atoms in total. The molecule has 2 heterocycles. The molecule has 0 bridgehead atoms. The van der Waals surface area contributed by atoms with Crippen LogP contribution in [0.3, 0.4) is 0 Å². The first-order valence-electron chi connectivity index (χ1n) is 11.6. The molecule has 29 heavy (non-hydrogen) atoms. The second-order valence-corrected chi connectivity index (χ2v) is 9.31. The van der Waals surface area contributed by atoms with Gasteiger partial charge >= 0.3 is 6.03 Å². The maximum absolute atomic E-state index is 12.6. The van der Waals surface area contributed by atoms with Gasteiger partial charge < -0.3 is 9.80 Å². The molecule has 2 rings (SSSR count). The Bertz CT molecular complexity index is 555. The number of amides is 3. The zero-order valence-electron chi connectivity index (χ0n) is 18.6. The summed E-state index contributed by atoms with van der Waals surface area (Å²) >= 11 is 1.75. The van der Waals surface area contributed by atoms with Gasteiger partial charge in [0, 0.05) is 19.3 Å². The van der Waals surface area contributed by atoms with Crippen LogP contribution in [0.1, 0.15) is 90.9 Å². The molecule has 0 aromatic rings. The predicted octanol–water partition coefficient (Wildman–Crippen LogP) is 4.99. The summed E-state index contributed by atoms with van der Waals surface area (Å²) in [5.74, 6) is 0.814. The molecular weight excluding hydrogens is 384 g/mol. The van der Waals surface area contributed by atoms with Crippen molar-refractivity contribution in [1.29, 1.82) is 0 Å². The Morgan fingerprint density at radius 2 is 1.48 bits per heavy atom. The van der Waals surface area contributed by atoms with Gasteiger partial charge in [-0.15, -0.1) is 0 Å². The highest BCUT2D eigenvalue weighted by Gasteiger charge is 2.48. The Morgan fingerprint density at radius 3 is 2.14 bits per heavy atom. The van der Waals surface area contributed by atoms with Crippen LogP contribution in [0.25, 0.3) is 0 Å². The van der Waals surface area contributed by atoms with Crippen LogP contribution < -0.4 is 5.32 Å². The van der Waals surface area contributed by atoms with Crippen molar-refractivity contribution in [3.63, 3.8) is 0 Å². The van der Waals surface area contributed by atoms with Crippen LogP contribution in [0, 0.1) is 0 Å². The van der Waals surface area contributed by atoms with E-state index in [4.69, 9.17) is 4.99 Å². The van der Waals surface area contributed by atoms with Crippen LogP contribution in [-0.4, -0.2) is 58.5 Å². The zero-order chi connectivity index (χ0) is 21.1. The van der Waals surface area contributed by atoms with Gasteiger partial charge in [-0.3, -0.25) is 10.1 Å². The fraction of sp³-hybridized carbons (Fsp3) is 0.864. The highest BCUT2D eigenvalue weighted by molar-refractivity contribution is 8.13. The molecule has 7 heteroatoms. The maximum Gasteiger partial charge on any atom is 0.325 e. The van der Waals surface area contributed by atoms with Gasteiger partial charge in [-0.25, -0.2) is 9.79 Å². The molecular formula is C22H40N4O2S. The third kappa shape index (κ3) is 7.19. The van der Waals surface area contributed by atoms with Crippen LogP contribution >= 0.6 is 11.8 Å². The van der Waals surface area contributed by atoms with E-state index in [-0.39, 0.29) is 24.1 Å². The van der Waals surface area contributed by atoms with Crippen molar-refractivity contribution in [3.8, 4) is 0 Å². The number of amidine groups is 1. The Labute approximate surface area is 181 Å². The molecule has 0 aromatic heterocycles. The molecule has 2 unspecified atom stereocenters. The van der Waals surface area contributed by atoms with Gasteiger partial charge in [0.2, 0.25) is 0 Å². The second-order valence-electron chi connectivity index (χ2n) is 8.25. The summed E-state index contributed by atoms with van der Waals surface area (Å²) in [6, 6.07) is -0.721. The van der Waals surface area contributed by atoms with Gasteiger partial charge in [0.15, 0.2) is 17.4 Å². The molecule has 0 aromatic carbocycles. The lowest BCUT2D eigenvalue weighted by Gasteiger charge is -2.36. The number of likely N-dealkylation sites (N-methyl/N-ethyl adjacent to an activating group) is 1. The lowest BCUT2D eigenvalue weighted by Crippen LogP contribution is -2.63. The Balaban J connectivity index is 1.86. The molecule has 1 N–H and O–H groups in total. The fourth-order valence-electron chi connectivity index (χ4n) is 3.96. The van der Waals surface area contributed by atoms with Crippen molar-refractivity contribution >= 4 is 28.9 Å². The van der Waals surface area contributed by atoms with E-state index < -0.39 is 0 Å². The summed E-state index contributed by atoms with van der Waals surface area (Å²) in [7, 11) is 1.73. The Kier molecular flexibility index (Phi) is 10.9. The topological polar surface area (TPSA) is 65.0 Å². The number of urea groups is 1. The van der Waals surface area contributed by atoms with Crippen molar-refractivity contribution in [2.75, 3.05) is 19.3 Å². The summed E-state index contributed by atoms with van der Waals surface area (Å²) in [5.41, 5.74) is 0. The van der Waals surface area contributed by atoms with Gasteiger partial charge in [-0.2, -0.15) is 0 Å². The molecule has 0 radical (unpaired) electrons. The highest BCUT2D eigenvalue weighted by atomic mass is 32.2. The third-order valence-electron chi connectivity index (χ3n) is 5.80. The lowest BCUT2D eigenvalue weighted by atomic mass is 10.1. The first kappa shape index (κ1) is 24.0. The van der Waals surface area contributed by atoms with Gasteiger partial charge in [0.05, 0.1) is 0 Å². The van der Waals surface area contributed by atoms with E-state index in [1.165, 1.54) is 70.6 Å². The molecule has 1 saturated heterocycles. The number of carbonyl (C=O) groups excluding carboxylic acids is 2. The molecule has 0 aliphatic carbocycles. The summed E-state index contributed by atoms with van der Waals surface area (Å²) in [4.78, 5) is 33.1. The first-order chi connectivity index (χ1) is 14.1. The monoisotopic (exact) mass is 424 g/mol. The van der Waals surface area contributed by atoms with E-state index in [2.05, 4.69) is 24.1 Å². The first-order valence-corrected chi connectivity index (χ1v) is 12.6.